The Bertz CT molecular complexity index is 613. The van der Waals surface area contributed by atoms with Gasteiger partial charge in [0.15, 0.2) is 0 Å². The van der Waals surface area contributed by atoms with Crippen LogP contribution in [-0.4, -0.2) is 47.0 Å². The minimum Gasteiger partial charge on any atom is -0.351 e. The van der Waals surface area contributed by atoms with E-state index in [0.29, 0.717) is 12.1 Å². The second-order valence-corrected chi connectivity index (χ2v) is 5.36. The molecule has 2 heterocycles. The summed E-state index contributed by atoms with van der Waals surface area (Å²) in [5.74, 6) is 0.852. The van der Waals surface area contributed by atoms with Crippen LogP contribution in [0.1, 0.15) is 29.0 Å². The highest BCUT2D eigenvalue weighted by molar-refractivity contribution is 5.97. The maximum atomic E-state index is 12.1. The zero-order valence-electron chi connectivity index (χ0n) is 11.8. The maximum absolute atomic E-state index is 12.1. The molecule has 0 bridgehead atoms. The van der Waals surface area contributed by atoms with E-state index in [4.69, 9.17) is 0 Å². The van der Waals surface area contributed by atoms with E-state index in [0.717, 1.165) is 36.5 Å². The van der Waals surface area contributed by atoms with Crippen molar-refractivity contribution in [2.45, 2.75) is 19.8 Å². The average Bonchev–Trinajstić information content (AvgIpc) is 3.05. The minimum atomic E-state index is -0.0154. The molecule has 0 spiro atoms. The highest BCUT2D eigenvalue weighted by Gasteiger charge is 2.12. The molecular formula is C15H20N4O. The first-order chi connectivity index (χ1) is 9.72. The van der Waals surface area contributed by atoms with Crippen molar-refractivity contribution in [1.29, 1.82) is 0 Å². The van der Waals surface area contributed by atoms with Crippen molar-refractivity contribution in [3.63, 3.8) is 0 Å². The van der Waals surface area contributed by atoms with E-state index in [1.165, 1.54) is 12.8 Å². The molecule has 2 aromatic rings. The van der Waals surface area contributed by atoms with Gasteiger partial charge < -0.3 is 15.2 Å². The topological polar surface area (TPSA) is 61.0 Å². The largest absolute Gasteiger partial charge is 0.351 e. The Balaban J connectivity index is 1.59. The number of aryl methyl sites for hydroxylation is 1. The van der Waals surface area contributed by atoms with Crippen LogP contribution >= 0.6 is 0 Å². The first-order valence-electron chi connectivity index (χ1n) is 7.19. The molecule has 1 fully saturated rings. The number of hydrogen-bond acceptors (Lipinski definition) is 3. The number of H-pyrrole nitrogens is 1. The molecule has 5 nitrogen and oxygen atoms in total. The van der Waals surface area contributed by atoms with E-state index in [2.05, 4.69) is 20.2 Å². The molecule has 5 heteroatoms. The molecule has 1 aliphatic heterocycles. The maximum Gasteiger partial charge on any atom is 0.251 e. The van der Waals surface area contributed by atoms with E-state index in [1.807, 2.05) is 25.1 Å². The zero-order valence-corrected chi connectivity index (χ0v) is 11.8. The van der Waals surface area contributed by atoms with Crippen molar-refractivity contribution in [1.82, 2.24) is 20.2 Å². The van der Waals surface area contributed by atoms with Gasteiger partial charge in [-0.1, -0.05) is 0 Å². The normalized spacial score (nSPS) is 15.8. The van der Waals surface area contributed by atoms with Crippen LogP contribution in [0.15, 0.2) is 18.2 Å². The van der Waals surface area contributed by atoms with Gasteiger partial charge in [0.1, 0.15) is 5.82 Å². The molecular weight excluding hydrogens is 252 g/mol. The number of aromatic amines is 1. The van der Waals surface area contributed by atoms with Crippen molar-refractivity contribution >= 4 is 16.9 Å². The highest BCUT2D eigenvalue weighted by Crippen LogP contribution is 2.13. The molecule has 0 unspecified atom stereocenters. The molecule has 1 aromatic heterocycles. The number of fused-ring (bicyclic) bond motifs is 1. The third-order valence-corrected chi connectivity index (χ3v) is 3.77. The van der Waals surface area contributed by atoms with Gasteiger partial charge >= 0.3 is 0 Å². The Kier molecular flexibility index (Phi) is 3.69. The van der Waals surface area contributed by atoms with Crippen molar-refractivity contribution in [2.75, 3.05) is 26.2 Å². The van der Waals surface area contributed by atoms with E-state index in [-0.39, 0.29) is 5.91 Å². The number of aromatic nitrogens is 2. The fourth-order valence-electron chi connectivity index (χ4n) is 2.71. The molecule has 20 heavy (non-hydrogen) atoms. The Morgan fingerprint density at radius 3 is 3.00 bits per heavy atom. The number of benzene rings is 1. The number of nitrogens with one attached hydrogen (secondary N) is 2. The number of amides is 1. The van der Waals surface area contributed by atoms with Gasteiger partial charge in [-0.3, -0.25) is 4.79 Å². The zero-order chi connectivity index (χ0) is 13.9. The van der Waals surface area contributed by atoms with Crippen molar-refractivity contribution < 1.29 is 4.79 Å². The van der Waals surface area contributed by atoms with E-state index >= 15 is 0 Å². The molecule has 1 amide bonds. The SMILES string of the molecule is Cc1nc2ccc(C(=O)NCCN3CCCC3)cc2[nH]1. The van der Waals surface area contributed by atoms with Gasteiger partial charge in [0.05, 0.1) is 11.0 Å². The Morgan fingerprint density at radius 1 is 1.40 bits per heavy atom. The van der Waals surface area contributed by atoms with Crippen LogP contribution in [-0.2, 0) is 0 Å². The smallest absolute Gasteiger partial charge is 0.251 e. The van der Waals surface area contributed by atoms with Gasteiger partial charge in [0.2, 0.25) is 0 Å². The molecule has 1 aliphatic rings. The lowest BCUT2D eigenvalue weighted by Crippen LogP contribution is -2.33. The van der Waals surface area contributed by atoms with E-state index < -0.39 is 0 Å². The third kappa shape index (κ3) is 2.82. The van der Waals surface area contributed by atoms with Crippen LogP contribution in [0, 0.1) is 6.92 Å². The summed E-state index contributed by atoms with van der Waals surface area (Å²) in [6.45, 7) is 5.89. The highest BCUT2D eigenvalue weighted by atomic mass is 16.1. The van der Waals surface area contributed by atoms with E-state index in [1.54, 1.807) is 0 Å². The molecule has 0 radical (unpaired) electrons. The second-order valence-electron chi connectivity index (χ2n) is 5.36. The molecule has 0 atom stereocenters. The summed E-state index contributed by atoms with van der Waals surface area (Å²) >= 11 is 0. The summed E-state index contributed by atoms with van der Waals surface area (Å²) in [5.41, 5.74) is 2.49. The summed E-state index contributed by atoms with van der Waals surface area (Å²) in [6.07, 6.45) is 2.56. The summed E-state index contributed by atoms with van der Waals surface area (Å²) in [4.78, 5) is 22.0. The van der Waals surface area contributed by atoms with Gasteiger partial charge in [0.25, 0.3) is 5.91 Å². The summed E-state index contributed by atoms with van der Waals surface area (Å²) < 4.78 is 0. The lowest BCUT2D eigenvalue weighted by atomic mass is 10.2. The Hall–Kier alpha value is -1.88. The quantitative estimate of drug-likeness (QED) is 0.890. The monoisotopic (exact) mass is 272 g/mol. The number of nitrogens with zero attached hydrogens (tertiary/aromatic N) is 2. The second kappa shape index (κ2) is 5.63. The third-order valence-electron chi connectivity index (χ3n) is 3.77. The van der Waals surface area contributed by atoms with E-state index in [9.17, 15) is 4.79 Å². The van der Waals surface area contributed by atoms with Gasteiger partial charge in [-0.25, -0.2) is 4.98 Å². The fraction of sp³-hybridized carbons (Fsp3) is 0.467. The molecule has 3 rings (SSSR count). The predicted octanol–water partition coefficient (Wildman–Crippen LogP) is 1.70. The number of rotatable bonds is 4. The van der Waals surface area contributed by atoms with Crippen LogP contribution in [0.5, 0.6) is 0 Å². The summed E-state index contributed by atoms with van der Waals surface area (Å²) in [6, 6.07) is 5.57. The standard InChI is InChI=1S/C15H20N4O/c1-11-17-13-5-4-12(10-14(13)18-11)15(20)16-6-9-19-7-2-3-8-19/h4-5,10H,2-3,6-9H2,1H3,(H,16,20)(H,17,18). The number of likely N-dealkylation sites (tertiary alicyclic amines) is 1. The molecule has 106 valence electrons. The van der Waals surface area contributed by atoms with Gasteiger partial charge in [-0.05, 0) is 51.1 Å². The average molecular weight is 272 g/mol. The van der Waals surface area contributed by atoms with Crippen LogP contribution < -0.4 is 5.32 Å². The van der Waals surface area contributed by atoms with Crippen molar-refractivity contribution in [3.8, 4) is 0 Å². The van der Waals surface area contributed by atoms with Gasteiger partial charge in [-0.2, -0.15) is 0 Å². The molecule has 1 saturated heterocycles. The fourth-order valence-corrected chi connectivity index (χ4v) is 2.71. The van der Waals surface area contributed by atoms with Crippen LogP contribution in [0.2, 0.25) is 0 Å². The van der Waals surface area contributed by atoms with Crippen LogP contribution in [0.3, 0.4) is 0 Å². The number of carbonyl (C=O) groups is 1. The van der Waals surface area contributed by atoms with Crippen LogP contribution in [0.4, 0.5) is 0 Å². The van der Waals surface area contributed by atoms with Crippen molar-refractivity contribution in [3.05, 3.63) is 29.6 Å². The Labute approximate surface area is 118 Å². The summed E-state index contributed by atoms with van der Waals surface area (Å²) in [7, 11) is 0. The molecule has 0 saturated carbocycles. The minimum absolute atomic E-state index is 0.0154. The molecule has 0 aliphatic carbocycles. The first kappa shape index (κ1) is 13.1. The lowest BCUT2D eigenvalue weighted by molar-refractivity contribution is 0.0950. The van der Waals surface area contributed by atoms with Gasteiger partial charge in [0, 0.05) is 18.7 Å². The molecule has 2 N–H and O–H groups in total. The van der Waals surface area contributed by atoms with Crippen LogP contribution in [0.25, 0.3) is 11.0 Å². The predicted molar refractivity (Wildman–Crippen MR) is 78.8 cm³/mol. The lowest BCUT2D eigenvalue weighted by Gasteiger charge is -2.14. The molecule has 1 aromatic carbocycles. The summed E-state index contributed by atoms with van der Waals surface area (Å²) in [5, 5.41) is 2.98. The first-order valence-corrected chi connectivity index (χ1v) is 7.19. The van der Waals surface area contributed by atoms with Crippen molar-refractivity contribution in [2.24, 2.45) is 0 Å². The number of imidazole rings is 1. The number of hydrogen-bond donors (Lipinski definition) is 2. The number of carbonyl (C=O) groups excluding carboxylic acids is 1. The van der Waals surface area contributed by atoms with Gasteiger partial charge in [-0.15, -0.1) is 0 Å². The Morgan fingerprint density at radius 2 is 2.20 bits per heavy atom.